The Morgan fingerprint density at radius 3 is 2.76 bits per heavy atom. The fourth-order valence-corrected chi connectivity index (χ4v) is 4.72. The largest absolute Gasteiger partial charge is 0.477 e. The van der Waals surface area contributed by atoms with Crippen LogP contribution in [0.1, 0.15) is 4.88 Å². The van der Waals surface area contributed by atoms with Gasteiger partial charge >= 0.3 is 5.97 Å². The van der Waals surface area contributed by atoms with Gasteiger partial charge in [-0.1, -0.05) is 6.07 Å². The second-order valence-corrected chi connectivity index (χ2v) is 7.45. The number of hydrogen-bond acceptors (Lipinski definition) is 7. The summed E-state index contributed by atoms with van der Waals surface area (Å²) in [6, 6.07) is 2.83. The zero-order valence-electron chi connectivity index (χ0n) is 12.7. The van der Waals surface area contributed by atoms with Gasteiger partial charge < -0.3 is 10.4 Å². The Kier molecular flexibility index (Phi) is 4.79. The maximum atomic E-state index is 12.3. The highest BCUT2D eigenvalue weighted by molar-refractivity contribution is 8.00. The highest BCUT2D eigenvalue weighted by atomic mass is 32.2. The standard InChI is InChI=1S/C14H14N4O5S2/c15-17-11(20)7-5-25-13-9(12(21)18(13)10(7)14(22)23)16-8(19)4-6-2-1-3-24-6/h1-3,9,13H,4-5,15H2,(H,16,19)(H,17,20)(H,22,23)/t9?,13-/m0/s1. The molecule has 2 atom stereocenters. The van der Waals surface area contributed by atoms with E-state index in [0.717, 1.165) is 9.78 Å². The Bertz CT molecular complexity index is 776. The van der Waals surface area contributed by atoms with Crippen LogP contribution >= 0.6 is 23.1 Å². The van der Waals surface area contributed by atoms with Crippen molar-refractivity contribution in [1.82, 2.24) is 15.6 Å². The van der Waals surface area contributed by atoms with Gasteiger partial charge in [0.15, 0.2) is 0 Å². The Morgan fingerprint density at radius 1 is 1.40 bits per heavy atom. The number of hydrogen-bond donors (Lipinski definition) is 4. The van der Waals surface area contributed by atoms with Crippen LogP contribution in [0.2, 0.25) is 0 Å². The molecule has 0 bridgehead atoms. The average Bonchev–Trinajstić information content (AvgIpc) is 3.10. The van der Waals surface area contributed by atoms with Crippen molar-refractivity contribution >= 4 is 46.8 Å². The lowest BCUT2D eigenvalue weighted by Gasteiger charge is -2.49. The van der Waals surface area contributed by atoms with Crippen molar-refractivity contribution in [3.05, 3.63) is 33.7 Å². The van der Waals surface area contributed by atoms with E-state index in [2.05, 4.69) is 5.32 Å². The maximum Gasteiger partial charge on any atom is 0.353 e. The molecule has 1 aromatic rings. The van der Waals surface area contributed by atoms with Crippen molar-refractivity contribution < 1.29 is 24.3 Å². The van der Waals surface area contributed by atoms with Gasteiger partial charge in [0.25, 0.3) is 11.8 Å². The normalized spacial score (nSPS) is 22.1. The fourth-order valence-electron chi connectivity index (χ4n) is 2.68. The number of nitrogens with two attached hydrogens (primary N) is 1. The van der Waals surface area contributed by atoms with E-state index in [-0.39, 0.29) is 29.4 Å². The summed E-state index contributed by atoms with van der Waals surface area (Å²) in [6.07, 6.45) is 0.154. The number of hydrazine groups is 1. The van der Waals surface area contributed by atoms with Crippen molar-refractivity contribution in [2.75, 3.05) is 5.75 Å². The maximum absolute atomic E-state index is 12.3. The van der Waals surface area contributed by atoms with Gasteiger partial charge in [-0.2, -0.15) is 0 Å². The van der Waals surface area contributed by atoms with Crippen molar-refractivity contribution in [3.63, 3.8) is 0 Å². The molecule has 3 heterocycles. The summed E-state index contributed by atoms with van der Waals surface area (Å²) in [7, 11) is 0. The third-order valence-electron chi connectivity index (χ3n) is 3.81. The first-order valence-corrected chi connectivity index (χ1v) is 9.10. The number of thiophene rings is 1. The van der Waals surface area contributed by atoms with Crippen molar-refractivity contribution in [3.8, 4) is 0 Å². The number of β-lactam (4-membered cyclic amide) rings is 1. The molecule has 9 nitrogen and oxygen atoms in total. The molecule has 2 aliphatic heterocycles. The second-order valence-electron chi connectivity index (χ2n) is 5.32. The van der Waals surface area contributed by atoms with Gasteiger partial charge in [-0.15, -0.1) is 23.1 Å². The molecule has 0 spiro atoms. The topological polar surface area (TPSA) is 142 Å². The van der Waals surface area contributed by atoms with Gasteiger partial charge in [0.05, 0.1) is 12.0 Å². The molecule has 0 radical (unpaired) electrons. The number of carboxylic acid groups (broad SMARTS) is 1. The Balaban J connectivity index is 1.74. The smallest absolute Gasteiger partial charge is 0.353 e. The monoisotopic (exact) mass is 382 g/mol. The van der Waals surface area contributed by atoms with E-state index < -0.39 is 29.2 Å². The summed E-state index contributed by atoms with van der Waals surface area (Å²) in [5, 5.41) is 13.3. The van der Waals surface area contributed by atoms with E-state index >= 15 is 0 Å². The number of thioether (sulfide) groups is 1. The molecular formula is C14H14N4O5S2. The molecule has 0 aliphatic carbocycles. The summed E-state index contributed by atoms with van der Waals surface area (Å²) >= 11 is 2.64. The Morgan fingerprint density at radius 2 is 2.16 bits per heavy atom. The molecule has 25 heavy (non-hydrogen) atoms. The first-order chi connectivity index (χ1) is 11.9. The molecule has 0 saturated carbocycles. The van der Waals surface area contributed by atoms with Crippen LogP contribution in [0.4, 0.5) is 0 Å². The predicted molar refractivity (Wildman–Crippen MR) is 90.0 cm³/mol. The summed E-state index contributed by atoms with van der Waals surface area (Å²) in [5.74, 6) is 2.13. The quantitative estimate of drug-likeness (QED) is 0.222. The minimum atomic E-state index is -1.39. The first kappa shape index (κ1) is 17.5. The third kappa shape index (κ3) is 3.13. The Hall–Kier alpha value is -2.37. The molecular weight excluding hydrogens is 368 g/mol. The van der Waals surface area contributed by atoms with Crippen LogP contribution in [-0.4, -0.2) is 50.9 Å². The van der Waals surface area contributed by atoms with Crippen LogP contribution in [0, 0.1) is 0 Å². The molecule has 1 unspecified atom stereocenters. The molecule has 1 aromatic heterocycles. The molecule has 1 saturated heterocycles. The zero-order valence-corrected chi connectivity index (χ0v) is 14.4. The SMILES string of the molecule is NNC(=O)C1=C(C(=O)O)N2C(=O)C(NC(=O)Cc3cccs3)[C@@H]2SC1. The van der Waals surface area contributed by atoms with E-state index in [0.29, 0.717) is 0 Å². The molecule has 0 aromatic carbocycles. The average molecular weight is 382 g/mol. The van der Waals surface area contributed by atoms with E-state index in [1.807, 2.05) is 22.9 Å². The number of carbonyl (C=O) groups excluding carboxylic acids is 3. The predicted octanol–water partition coefficient (Wildman–Crippen LogP) is -0.981. The summed E-state index contributed by atoms with van der Waals surface area (Å²) in [6.45, 7) is 0. The number of carbonyl (C=O) groups is 4. The molecule has 1 fully saturated rings. The van der Waals surface area contributed by atoms with Gasteiger partial charge in [-0.05, 0) is 11.4 Å². The minimum Gasteiger partial charge on any atom is -0.477 e. The van der Waals surface area contributed by atoms with E-state index in [1.165, 1.54) is 23.1 Å². The highest BCUT2D eigenvalue weighted by Gasteiger charge is 2.54. The number of nitrogens with one attached hydrogen (secondary N) is 2. The Labute approximate surface area is 150 Å². The van der Waals surface area contributed by atoms with Crippen LogP contribution in [0.3, 0.4) is 0 Å². The zero-order chi connectivity index (χ0) is 18.1. The summed E-state index contributed by atoms with van der Waals surface area (Å²) < 4.78 is 0. The van der Waals surface area contributed by atoms with Crippen molar-refractivity contribution in [1.29, 1.82) is 0 Å². The van der Waals surface area contributed by atoms with Gasteiger partial charge in [0.2, 0.25) is 5.91 Å². The van der Waals surface area contributed by atoms with Crippen LogP contribution in [0.15, 0.2) is 28.8 Å². The lowest BCUT2D eigenvalue weighted by Crippen LogP contribution is -2.71. The molecule has 2 aliphatic rings. The summed E-state index contributed by atoms with van der Waals surface area (Å²) in [4.78, 5) is 49.5. The number of nitrogens with zero attached hydrogens (tertiary/aromatic N) is 1. The van der Waals surface area contributed by atoms with Crippen molar-refractivity contribution in [2.45, 2.75) is 17.8 Å². The molecule has 5 N–H and O–H groups in total. The molecule has 3 amide bonds. The number of carboxylic acids is 1. The van der Waals surface area contributed by atoms with Gasteiger partial charge in [0.1, 0.15) is 17.1 Å². The van der Waals surface area contributed by atoms with Crippen LogP contribution in [0.25, 0.3) is 0 Å². The van der Waals surface area contributed by atoms with E-state index in [1.54, 1.807) is 0 Å². The molecule has 11 heteroatoms. The fraction of sp³-hybridized carbons (Fsp3) is 0.286. The second kappa shape index (κ2) is 6.86. The number of amides is 3. The number of aliphatic carboxylic acids is 1. The minimum absolute atomic E-state index is 0.0760. The lowest BCUT2D eigenvalue weighted by atomic mass is 10.0. The molecule has 3 rings (SSSR count). The number of fused-ring (bicyclic) bond motifs is 1. The van der Waals surface area contributed by atoms with Crippen LogP contribution < -0.4 is 16.6 Å². The van der Waals surface area contributed by atoms with Crippen LogP contribution in [0.5, 0.6) is 0 Å². The van der Waals surface area contributed by atoms with Gasteiger partial charge in [-0.3, -0.25) is 24.7 Å². The van der Waals surface area contributed by atoms with E-state index in [4.69, 9.17) is 5.84 Å². The number of rotatable bonds is 5. The third-order valence-corrected chi connectivity index (χ3v) is 5.96. The van der Waals surface area contributed by atoms with Gasteiger partial charge in [-0.25, -0.2) is 10.6 Å². The van der Waals surface area contributed by atoms with Crippen molar-refractivity contribution in [2.24, 2.45) is 5.84 Å². The lowest BCUT2D eigenvalue weighted by molar-refractivity contribution is -0.150. The van der Waals surface area contributed by atoms with E-state index in [9.17, 15) is 24.3 Å². The summed E-state index contributed by atoms with van der Waals surface area (Å²) in [5.41, 5.74) is 1.42. The first-order valence-electron chi connectivity index (χ1n) is 7.18. The molecule has 132 valence electrons. The van der Waals surface area contributed by atoms with Crippen LogP contribution in [-0.2, 0) is 25.6 Å². The highest BCUT2D eigenvalue weighted by Crippen LogP contribution is 2.40. The van der Waals surface area contributed by atoms with Gasteiger partial charge in [0, 0.05) is 10.6 Å².